The van der Waals surface area contributed by atoms with E-state index >= 15 is 0 Å². The lowest BCUT2D eigenvalue weighted by molar-refractivity contribution is 0.00578. The molecule has 2 aromatic carbocycles. The molecule has 0 saturated carbocycles. The van der Waals surface area contributed by atoms with Gasteiger partial charge in [0.1, 0.15) is 11.2 Å². The van der Waals surface area contributed by atoms with Crippen LogP contribution in [0.1, 0.15) is 27.7 Å². The van der Waals surface area contributed by atoms with Gasteiger partial charge in [0.05, 0.1) is 11.2 Å². The molecule has 3 nitrogen and oxygen atoms in total. The van der Waals surface area contributed by atoms with E-state index in [0.717, 1.165) is 27.4 Å². The van der Waals surface area contributed by atoms with Crippen LogP contribution in [0.15, 0.2) is 40.8 Å². The molecule has 0 N–H and O–H groups in total. The van der Waals surface area contributed by atoms with Gasteiger partial charge in [-0.25, -0.2) is 0 Å². The zero-order valence-corrected chi connectivity index (χ0v) is 14.4. The van der Waals surface area contributed by atoms with Gasteiger partial charge in [0, 0.05) is 21.3 Å². The molecule has 4 rings (SSSR count). The Morgan fingerprint density at radius 3 is 2.22 bits per heavy atom. The number of fused-ring (bicyclic) bond motifs is 3. The Morgan fingerprint density at radius 2 is 1.52 bits per heavy atom. The molecule has 2 heterocycles. The summed E-state index contributed by atoms with van der Waals surface area (Å²) < 4.78 is 18.4. The predicted octanol–water partition coefficient (Wildman–Crippen LogP) is 4.54. The van der Waals surface area contributed by atoms with Crippen LogP contribution >= 0.6 is 11.6 Å². The average Bonchev–Trinajstić information content (AvgIpc) is 2.93. The average molecular weight is 329 g/mol. The minimum atomic E-state index is -0.545. The second-order valence-electron chi connectivity index (χ2n) is 7.02. The number of halogens is 1. The first kappa shape index (κ1) is 15.1. The highest BCUT2D eigenvalue weighted by molar-refractivity contribution is 6.68. The van der Waals surface area contributed by atoms with Crippen molar-refractivity contribution in [2.45, 2.75) is 38.9 Å². The highest BCUT2D eigenvalue weighted by Gasteiger charge is 2.53. The van der Waals surface area contributed by atoms with Gasteiger partial charge in [-0.1, -0.05) is 29.8 Å². The molecular weight excluding hydrogens is 310 g/mol. The third-order valence-electron chi connectivity index (χ3n) is 5.02. The van der Waals surface area contributed by atoms with Crippen LogP contribution in [0.25, 0.3) is 21.9 Å². The summed E-state index contributed by atoms with van der Waals surface area (Å²) in [4.78, 5) is 0. The van der Waals surface area contributed by atoms with E-state index in [9.17, 15) is 0 Å². The maximum absolute atomic E-state index is 6.48. The van der Waals surface area contributed by atoms with E-state index in [2.05, 4.69) is 0 Å². The molecule has 0 bridgehead atoms. The van der Waals surface area contributed by atoms with Crippen molar-refractivity contribution in [3.8, 4) is 0 Å². The van der Waals surface area contributed by atoms with Gasteiger partial charge in [-0.2, -0.15) is 0 Å². The molecule has 0 radical (unpaired) electrons. The van der Waals surface area contributed by atoms with Crippen LogP contribution in [0.5, 0.6) is 0 Å². The molecule has 0 unspecified atom stereocenters. The van der Waals surface area contributed by atoms with Crippen LogP contribution in [0.4, 0.5) is 0 Å². The molecule has 23 heavy (non-hydrogen) atoms. The molecule has 1 aliphatic rings. The summed E-state index contributed by atoms with van der Waals surface area (Å²) in [6, 6.07) is 11.8. The maximum Gasteiger partial charge on any atom is 0.500 e. The molecule has 5 heteroatoms. The first-order chi connectivity index (χ1) is 10.8. The third kappa shape index (κ3) is 2.13. The molecule has 0 amide bonds. The molecule has 1 aliphatic heterocycles. The van der Waals surface area contributed by atoms with Gasteiger partial charge in [-0.3, -0.25) is 0 Å². The number of para-hydroxylation sites is 1. The smallest absolute Gasteiger partial charge is 0.456 e. The molecule has 1 saturated heterocycles. The molecule has 0 atom stereocenters. The monoisotopic (exact) mass is 328 g/mol. The van der Waals surface area contributed by atoms with Crippen LogP contribution in [-0.4, -0.2) is 18.3 Å². The fraction of sp³-hybridized carbons (Fsp3) is 0.333. The molecule has 3 aromatic rings. The summed E-state index contributed by atoms with van der Waals surface area (Å²) >= 11 is 6.48. The van der Waals surface area contributed by atoms with Crippen LogP contribution in [0.2, 0.25) is 5.02 Å². The van der Waals surface area contributed by atoms with E-state index in [0.29, 0.717) is 5.02 Å². The molecular formula is C18H18BClO3. The topological polar surface area (TPSA) is 31.6 Å². The van der Waals surface area contributed by atoms with Gasteiger partial charge in [0.2, 0.25) is 0 Å². The summed E-state index contributed by atoms with van der Waals surface area (Å²) in [5, 5.41) is 2.68. The Kier molecular flexibility index (Phi) is 3.12. The second-order valence-corrected chi connectivity index (χ2v) is 7.43. The first-order valence-electron chi connectivity index (χ1n) is 7.75. The lowest BCUT2D eigenvalue weighted by Gasteiger charge is -2.32. The molecule has 118 valence electrons. The van der Waals surface area contributed by atoms with Crippen LogP contribution in [0.3, 0.4) is 0 Å². The minimum absolute atomic E-state index is 0.421. The van der Waals surface area contributed by atoms with E-state index in [1.165, 1.54) is 0 Å². The van der Waals surface area contributed by atoms with Crippen LogP contribution in [0, 0.1) is 0 Å². The fourth-order valence-corrected chi connectivity index (χ4v) is 3.20. The standard InChI is InChI=1S/C18H18BClO3/c1-17(2)18(3,4)23-19(22-17)15-13(20)10-9-12-11-7-5-6-8-14(11)21-16(12)15/h5-10H,1-4H3. The number of rotatable bonds is 1. The highest BCUT2D eigenvalue weighted by atomic mass is 35.5. The Labute approximate surface area is 140 Å². The number of hydrogen-bond acceptors (Lipinski definition) is 3. The van der Waals surface area contributed by atoms with Crippen molar-refractivity contribution in [3.05, 3.63) is 41.4 Å². The van der Waals surface area contributed by atoms with E-state index in [1.807, 2.05) is 64.1 Å². The normalized spacial score (nSPS) is 19.8. The molecule has 1 aromatic heterocycles. The van der Waals surface area contributed by atoms with Gasteiger partial charge in [-0.05, 0) is 45.9 Å². The second kappa shape index (κ2) is 4.76. The van der Waals surface area contributed by atoms with Crippen molar-refractivity contribution in [2.75, 3.05) is 0 Å². The number of furan rings is 1. The highest BCUT2D eigenvalue weighted by Crippen LogP contribution is 2.38. The van der Waals surface area contributed by atoms with Crippen molar-refractivity contribution in [1.82, 2.24) is 0 Å². The summed E-state index contributed by atoms with van der Waals surface area (Å²) in [6.45, 7) is 8.11. The van der Waals surface area contributed by atoms with E-state index in [4.69, 9.17) is 25.3 Å². The number of benzene rings is 2. The zero-order valence-electron chi connectivity index (χ0n) is 13.6. The Hall–Kier alpha value is -1.49. The zero-order chi connectivity index (χ0) is 16.4. The summed E-state index contributed by atoms with van der Waals surface area (Å²) in [5.74, 6) is 0. The van der Waals surface area contributed by atoms with Crippen molar-refractivity contribution in [3.63, 3.8) is 0 Å². The lowest BCUT2D eigenvalue weighted by atomic mass is 9.78. The number of hydrogen-bond donors (Lipinski definition) is 0. The quantitative estimate of drug-likeness (QED) is 0.615. The minimum Gasteiger partial charge on any atom is -0.456 e. The van der Waals surface area contributed by atoms with E-state index in [1.54, 1.807) is 0 Å². The molecule has 1 fully saturated rings. The molecule has 0 aliphatic carbocycles. The SMILES string of the molecule is CC1(C)OB(c2c(Cl)ccc3c2oc2ccccc23)OC1(C)C. The first-order valence-corrected chi connectivity index (χ1v) is 8.13. The lowest BCUT2D eigenvalue weighted by Crippen LogP contribution is -2.41. The third-order valence-corrected chi connectivity index (χ3v) is 5.35. The van der Waals surface area contributed by atoms with Crippen molar-refractivity contribution < 1.29 is 13.7 Å². The Balaban J connectivity index is 1.95. The summed E-state index contributed by atoms with van der Waals surface area (Å²) in [5.41, 5.74) is 1.49. The van der Waals surface area contributed by atoms with Crippen LogP contribution < -0.4 is 5.46 Å². The fourth-order valence-electron chi connectivity index (χ4n) is 2.97. The maximum atomic E-state index is 6.48. The van der Waals surface area contributed by atoms with Gasteiger partial charge in [0.15, 0.2) is 0 Å². The van der Waals surface area contributed by atoms with E-state index < -0.39 is 18.3 Å². The largest absolute Gasteiger partial charge is 0.500 e. The molecule has 0 spiro atoms. The van der Waals surface area contributed by atoms with Gasteiger partial charge in [-0.15, -0.1) is 0 Å². The predicted molar refractivity (Wildman–Crippen MR) is 94.4 cm³/mol. The van der Waals surface area contributed by atoms with Gasteiger partial charge >= 0.3 is 7.12 Å². The van der Waals surface area contributed by atoms with Crippen molar-refractivity contribution in [1.29, 1.82) is 0 Å². The van der Waals surface area contributed by atoms with Gasteiger partial charge in [0.25, 0.3) is 0 Å². The van der Waals surface area contributed by atoms with Crippen molar-refractivity contribution in [2.24, 2.45) is 0 Å². The van der Waals surface area contributed by atoms with Gasteiger partial charge < -0.3 is 13.7 Å². The van der Waals surface area contributed by atoms with Crippen LogP contribution in [-0.2, 0) is 9.31 Å². The summed E-state index contributed by atoms with van der Waals surface area (Å²) in [6.07, 6.45) is 0. The Morgan fingerprint density at radius 1 is 0.870 bits per heavy atom. The van der Waals surface area contributed by atoms with Crippen molar-refractivity contribution >= 4 is 46.1 Å². The van der Waals surface area contributed by atoms with E-state index in [-0.39, 0.29) is 0 Å². The Bertz CT molecular complexity index is 897. The summed E-state index contributed by atoms with van der Waals surface area (Å²) in [7, 11) is -0.545.